The lowest BCUT2D eigenvalue weighted by Gasteiger charge is -2.07. The number of thiophene rings is 1. The Hall–Kier alpha value is -1.13. The number of nitrogens with zero attached hydrogens (tertiary/aromatic N) is 1. The van der Waals surface area contributed by atoms with Gasteiger partial charge >= 0.3 is 0 Å². The Kier molecular flexibility index (Phi) is 4.76. The van der Waals surface area contributed by atoms with Crippen LogP contribution in [0.2, 0.25) is 0 Å². The minimum atomic E-state index is 0.813. The van der Waals surface area contributed by atoms with Crippen LogP contribution in [0.5, 0.6) is 0 Å². The molecule has 92 valence electrons. The molecule has 0 spiro atoms. The Balaban J connectivity index is 1.80. The van der Waals surface area contributed by atoms with E-state index in [-0.39, 0.29) is 0 Å². The molecule has 1 N–H and O–H groups in total. The number of hydrogen-bond acceptors (Lipinski definition) is 4. The van der Waals surface area contributed by atoms with Crippen LogP contribution in [0.15, 0.2) is 23.7 Å². The first-order valence-electron chi connectivity index (χ1n) is 6.05. The fourth-order valence-electron chi connectivity index (χ4n) is 1.71. The van der Waals surface area contributed by atoms with Crippen LogP contribution < -0.4 is 5.32 Å². The fourth-order valence-corrected chi connectivity index (χ4v) is 2.55. The van der Waals surface area contributed by atoms with Crippen LogP contribution in [-0.2, 0) is 4.74 Å². The Labute approximate surface area is 106 Å². The summed E-state index contributed by atoms with van der Waals surface area (Å²) in [5.74, 6) is 0. The number of anilines is 1. The first-order valence-corrected chi connectivity index (χ1v) is 6.93. The zero-order valence-corrected chi connectivity index (χ0v) is 10.9. The van der Waals surface area contributed by atoms with Crippen LogP contribution in [0.4, 0.5) is 5.69 Å². The molecule has 2 rings (SSSR count). The zero-order valence-electron chi connectivity index (χ0n) is 10.1. The summed E-state index contributed by atoms with van der Waals surface area (Å²) >= 11 is 1.74. The Morgan fingerprint density at radius 1 is 1.35 bits per heavy atom. The van der Waals surface area contributed by atoms with Crippen molar-refractivity contribution in [3.63, 3.8) is 0 Å². The van der Waals surface area contributed by atoms with Gasteiger partial charge in [0.05, 0.1) is 15.9 Å². The van der Waals surface area contributed by atoms with E-state index >= 15 is 0 Å². The van der Waals surface area contributed by atoms with Gasteiger partial charge in [-0.15, -0.1) is 11.3 Å². The number of rotatable bonds is 7. The number of pyridine rings is 1. The molecule has 0 aromatic carbocycles. The highest BCUT2D eigenvalue weighted by molar-refractivity contribution is 7.17. The maximum absolute atomic E-state index is 5.31. The molecule has 0 saturated carbocycles. The molecule has 2 aromatic heterocycles. The second kappa shape index (κ2) is 6.57. The molecule has 0 bridgehead atoms. The summed E-state index contributed by atoms with van der Waals surface area (Å²) in [5, 5.41) is 5.55. The van der Waals surface area contributed by atoms with Crippen molar-refractivity contribution in [1.82, 2.24) is 4.98 Å². The van der Waals surface area contributed by atoms with Crippen molar-refractivity contribution in [3.8, 4) is 0 Å². The molecular formula is C13H18N2OS. The molecular weight excluding hydrogens is 232 g/mol. The number of fused-ring (bicyclic) bond motifs is 1. The molecule has 0 aliphatic heterocycles. The van der Waals surface area contributed by atoms with Crippen molar-refractivity contribution in [1.29, 1.82) is 0 Å². The Morgan fingerprint density at radius 2 is 2.29 bits per heavy atom. The van der Waals surface area contributed by atoms with Gasteiger partial charge in [-0.1, -0.05) is 0 Å². The fraction of sp³-hybridized carbons (Fsp3) is 0.462. The molecule has 2 aromatic rings. The van der Waals surface area contributed by atoms with E-state index in [0.29, 0.717) is 0 Å². The molecule has 0 amide bonds. The van der Waals surface area contributed by atoms with Gasteiger partial charge in [-0.05, 0) is 37.3 Å². The summed E-state index contributed by atoms with van der Waals surface area (Å²) in [6, 6.07) is 4.10. The van der Waals surface area contributed by atoms with Crippen molar-refractivity contribution in [2.75, 3.05) is 25.1 Å². The van der Waals surface area contributed by atoms with Gasteiger partial charge < -0.3 is 10.1 Å². The molecule has 17 heavy (non-hydrogen) atoms. The van der Waals surface area contributed by atoms with Gasteiger partial charge in [0.2, 0.25) is 0 Å². The summed E-state index contributed by atoms with van der Waals surface area (Å²) < 4.78 is 6.56. The summed E-state index contributed by atoms with van der Waals surface area (Å²) in [7, 11) is 0. The lowest BCUT2D eigenvalue weighted by Crippen LogP contribution is -2.03. The summed E-state index contributed by atoms with van der Waals surface area (Å²) in [6.07, 6.45) is 4.10. The number of aromatic nitrogens is 1. The maximum Gasteiger partial charge on any atom is 0.0830 e. The molecule has 2 heterocycles. The lowest BCUT2D eigenvalue weighted by molar-refractivity contribution is 0.144. The van der Waals surface area contributed by atoms with Gasteiger partial charge in [0.1, 0.15) is 0 Å². The number of nitrogens with one attached hydrogen (secondary N) is 1. The summed E-state index contributed by atoms with van der Waals surface area (Å²) in [4.78, 5) is 4.32. The van der Waals surface area contributed by atoms with Gasteiger partial charge in [0, 0.05) is 26.0 Å². The van der Waals surface area contributed by atoms with Crippen LogP contribution in [0.25, 0.3) is 10.2 Å². The van der Waals surface area contributed by atoms with Gasteiger partial charge in [-0.2, -0.15) is 0 Å². The van der Waals surface area contributed by atoms with E-state index in [0.717, 1.165) is 38.1 Å². The highest BCUT2D eigenvalue weighted by Gasteiger charge is 2.01. The highest BCUT2D eigenvalue weighted by Crippen LogP contribution is 2.26. The van der Waals surface area contributed by atoms with Crippen LogP contribution in [0.1, 0.15) is 19.8 Å². The molecule has 0 aliphatic carbocycles. The largest absolute Gasteiger partial charge is 0.384 e. The van der Waals surface area contributed by atoms with Crippen molar-refractivity contribution >= 4 is 27.2 Å². The molecule has 0 aliphatic rings. The second-order valence-electron chi connectivity index (χ2n) is 3.82. The van der Waals surface area contributed by atoms with Crippen molar-refractivity contribution in [2.45, 2.75) is 19.8 Å². The zero-order chi connectivity index (χ0) is 11.9. The van der Waals surface area contributed by atoms with Gasteiger partial charge in [0.25, 0.3) is 0 Å². The van der Waals surface area contributed by atoms with Crippen molar-refractivity contribution in [3.05, 3.63) is 23.7 Å². The molecule has 0 atom stereocenters. The number of unbranched alkanes of at least 4 members (excludes halogenated alkanes) is 1. The molecule has 4 heteroatoms. The Bertz CT molecular complexity index is 455. The van der Waals surface area contributed by atoms with E-state index in [4.69, 9.17) is 4.74 Å². The van der Waals surface area contributed by atoms with Crippen LogP contribution in [-0.4, -0.2) is 24.7 Å². The average Bonchev–Trinajstić information content (AvgIpc) is 2.82. The molecule has 0 saturated heterocycles. The van der Waals surface area contributed by atoms with Crippen LogP contribution in [0, 0.1) is 0 Å². The maximum atomic E-state index is 5.31. The second-order valence-corrected chi connectivity index (χ2v) is 4.74. The third-order valence-corrected chi connectivity index (χ3v) is 3.52. The van der Waals surface area contributed by atoms with Crippen LogP contribution >= 0.6 is 11.3 Å². The van der Waals surface area contributed by atoms with Gasteiger partial charge in [-0.3, -0.25) is 4.98 Å². The molecule has 3 nitrogen and oxygen atoms in total. The highest BCUT2D eigenvalue weighted by atomic mass is 32.1. The molecule has 0 unspecified atom stereocenters. The minimum Gasteiger partial charge on any atom is -0.384 e. The summed E-state index contributed by atoms with van der Waals surface area (Å²) in [6.45, 7) is 4.70. The van der Waals surface area contributed by atoms with Crippen molar-refractivity contribution in [2.24, 2.45) is 0 Å². The molecule has 0 fully saturated rings. The Morgan fingerprint density at radius 3 is 3.18 bits per heavy atom. The van der Waals surface area contributed by atoms with E-state index in [1.807, 2.05) is 19.2 Å². The van der Waals surface area contributed by atoms with E-state index in [1.165, 1.54) is 10.4 Å². The monoisotopic (exact) mass is 250 g/mol. The lowest BCUT2D eigenvalue weighted by atomic mass is 10.3. The SMILES string of the molecule is CCOCCCCNc1ccnc2ccsc12. The third-order valence-electron chi connectivity index (χ3n) is 2.58. The van der Waals surface area contributed by atoms with Crippen LogP contribution in [0.3, 0.4) is 0 Å². The average molecular weight is 250 g/mol. The summed E-state index contributed by atoms with van der Waals surface area (Å²) in [5.41, 5.74) is 2.27. The van der Waals surface area contributed by atoms with Crippen molar-refractivity contribution < 1.29 is 4.74 Å². The van der Waals surface area contributed by atoms with E-state index < -0.39 is 0 Å². The van der Waals surface area contributed by atoms with E-state index in [1.54, 1.807) is 11.3 Å². The quantitative estimate of drug-likeness (QED) is 0.763. The van der Waals surface area contributed by atoms with Gasteiger partial charge in [-0.25, -0.2) is 0 Å². The number of ether oxygens (including phenoxy) is 1. The predicted octanol–water partition coefficient (Wildman–Crippen LogP) is 3.52. The first kappa shape index (κ1) is 12.3. The van der Waals surface area contributed by atoms with E-state index in [2.05, 4.69) is 21.7 Å². The number of hydrogen-bond donors (Lipinski definition) is 1. The topological polar surface area (TPSA) is 34.1 Å². The standard InChI is InChI=1S/C13H18N2OS/c1-2-16-9-4-3-7-14-11-5-8-15-12-6-10-17-13(11)12/h5-6,8,10H,2-4,7,9H2,1H3,(H,14,15). The molecule has 0 radical (unpaired) electrons. The normalized spacial score (nSPS) is 10.9. The first-order chi connectivity index (χ1) is 8.42. The van der Waals surface area contributed by atoms with E-state index in [9.17, 15) is 0 Å². The smallest absolute Gasteiger partial charge is 0.0830 e. The van der Waals surface area contributed by atoms with Gasteiger partial charge in [0.15, 0.2) is 0 Å². The predicted molar refractivity (Wildman–Crippen MR) is 73.8 cm³/mol. The third kappa shape index (κ3) is 3.41. The minimum absolute atomic E-state index is 0.813.